The summed E-state index contributed by atoms with van der Waals surface area (Å²) in [6.07, 6.45) is 0.219. The van der Waals surface area contributed by atoms with Crippen LogP contribution in [0.25, 0.3) is 10.8 Å². The van der Waals surface area contributed by atoms with Gasteiger partial charge in [-0.1, -0.05) is 60.7 Å². The number of carbonyl (C=O) groups excluding carboxylic acids is 2. The van der Waals surface area contributed by atoms with Gasteiger partial charge in [0, 0.05) is 12.0 Å². The van der Waals surface area contributed by atoms with Gasteiger partial charge in [0.15, 0.2) is 5.78 Å². The first-order chi connectivity index (χ1) is 11.2. The fourth-order valence-corrected chi connectivity index (χ4v) is 2.40. The maximum atomic E-state index is 12.0. The SMILES string of the molecule is O=C(CCC(=O)c1ccccc1)Oc1ccc2ccccc2c1. The molecular formula is C20H16O3. The Hall–Kier alpha value is -2.94. The lowest BCUT2D eigenvalue weighted by molar-refractivity contribution is -0.134. The molecule has 0 aliphatic rings. The molecule has 0 aromatic heterocycles. The molecule has 0 heterocycles. The molecule has 0 radical (unpaired) electrons. The first kappa shape index (κ1) is 15.0. The van der Waals surface area contributed by atoms with E-state index in [-0.39, 0.29) is 18.6 Å². The highest BCUT2D eigenvalue weighted by molar-refractivity contribution is 5.97. The van der Waals surface area contributed by atoms with Gasteiger partial charge in [-0.3, -0.25) is 9.59 Å². The molecule has 0 unspecified atom stereocenters. The van der Waals surface area contributed by atoms with Crippen LogP contribution >= 0.6 is 0 Å². The second kappa shape index (κ2) is 6.88. The van der Waals surface area contributed by atoms with Gasteiger partial charge in [0.1, 0.15) is 5.75 Å². The molecule has 3 aromatic carbocycles. The minimum absolute atomic E-state index is 0.0546. The van der Waals surface area contributed by atoms with Gasteiger partial charge < -0.3 is 4.74 Å². The van der Waals surface area contributed by atoms with E-state index in [0.29, 0.717) is 11.3 Å². The molecule has 0 amide bonds. The number of hydrogen-bond donors (Lipinski definition) is 0. The third-order valence-corrected chi connectivity index (χ3v) is 3.60. The lowest BCUT2D eigenvalue weighted by atomic mass is 10.1. The average molecular weight is 304 g/mol. The number of ether oxygens (including phenoxy) is 1. The molecule has 0 aliphatic carbocycles. The highest BCUT2D eigenvalue weighted by Gasteiger charge is 2.11. The maximum Gasteiger partial charge on any atom is 0.311 e. The van der Waals surface area contributed by atoms with Crippen LogP contribution in [-0.2, 0) is 4.79 Å². The van der Waals surface area contributed by atoms with Gasteiger partial charge in [-0.05, 0) is 22.9 Å². The van der Waals surface area contributed by atoms with E-state index in [1.807, 2.05) is 42.5 Å². The van der Waals surface area contributed by atoms with Crippen LogP contribution in [0.3, 0.4) is 0 Å². The summed E-state index contributed by atoms with van der Waals surface area (Å²) in [5.74, 6) is 0.0477. The van der Waals surface area contributed by atoms with Crippen molar-refractivity contribution in [3.8, 4) is 5.75 Å². The number of hydrogen-bond acceptors (Lipinski definition) is 3. The van der Waals surface area contributed by atoms with E-state index in [0.717, 1.165) is 10.8 Å². The van der Waals surface area contributed by atoms with Crippen LogP contribution in [0.15, 0.2) is 72.8 Å². The quantitative estimate of drug-likeness (QED) is 0.398. The summed E-state index contributed by atoms with van der Waals surface area (Å²) in [5.41, 5.74) is 0.617. The van der Waals surface area contributed by atoms with Crippen molar-refractivity contribution in [1.29, 1.82) is 0 Å². The second-order valence-electron chi connectivity index (χ2n) is 5.27. The van der Waals surface area contributed by atoms with Gasteiger partial charge in [-0.2, -0.15) is 0 Å². The minimum Gasteiger partial charge on any atom is -0.426 e. The van der Waals surface area contributed by atoms with Gasteiger partial charge in [-0.25, -0.2) is 0 Å². The number of Topliss-reactive ketones (excluding diaryl/α,β-unsaturated/α-hetero) is 1. The van der Waals surface area contributed by atoms with E-state index < -0.39 is 5.97 Å². The van der Waals surface area contributed by atoms with E-state index in [2.05, 4.69) is 0 Å². The lowest BCUT2D eigenvalue weighted by Gasteiger charge is -2.05. The van der Waals surface area contributed by atoms with Crippen molar-refractivity contribution in [2.24, 2.45) is 0 Å². The Morgan fingerprint density at radius 2 is 1.43 bits per heavy atom. The Bertz CT molecular complexity index is 838. The first-order valence-corrected chi connectivity index (χ1v) is 7.50. The lowest BCUT2D eigenvalue weighted by Crippen LogP contribution is -2.10. The highest BCUT2D eigenvalue weighted by Crippen LogP contribution is 2.21. The Labute approximate surface area is 134 Å². The third-order valence-electron chi connectivity index (χ3n) is 3.60. The molecule has 0 bridgehead atoms. The number of fused-ring (bicyclic) bond motifs is 1. The summed E-state index contributed by atoms with van der Waals surface area (Å²) >= 11 is 0. The Morgan fingerprint density at radius 1 is 0.739 bits per heavy atom. The summed E-state index contributed by atoms with van der Waals surface area (Å²) in [4.78, 5) is 23.9. The van der Waals surface area contributed by atoms with Crippen LogP contribution in [-0.4, -0.2) is 11.8 Å². The van der Waals surface area contributed by atoms with Gasteiger partial charge in [0.25, 0.3) is 0 Å². The number of esters is 1. The number of rotatable bonds is 5. The molecule has 3 nitrogen and oxygen atoms in total. The molecule has 3 aromatic rings. The molecule has 0 saturated heterocycles. The Kier molecular flexibility index (Phi) is 4.48. The summed E-state index contributed by atoms with van der Waals surface area (Å²) in [6.45, 7) is 0. The van der Waals surface area contributed by atoms with Crippen LogP contribution in [0.2, 0.25) is 0 Å². The zero-order valence-electron chi connectivity index (χ0n) is 12.6. The molecule has 0 saturated carbocycles. The van der Waals surface area contributed by atoms with Crippen LogP contribution in [0.4, 0.5) is 0 Å². The Balaban J connectivity index is 1.59. The van der Waals surface area contributed by atoms with Crippen LogP contribution in [0.5, 0.6) is 5.75 Å². The molecule has 3 rings (SSSR count). The summed E-state index contributed by atoms with van der Waals surface area (Å²) < 4.78 is 5.32. The molecule has 23 heavy (non-hydrogen) atoms. The van der Waals surface area contributed by atoms with Crippen molar-refractivity contribution in [2.45, 2.75) is 12.8 Å². The highest BCUT2D eigenvalue weighted by atomic mass is 16.5. The zero-order valence-corrected chi connectivity index (χ0v) is 12.6. The van der Waals surface area contributed by atoms with Crippen molar-refractivity contribution in [1.82, 2.24) is 0 Å². The smallest absolute Gasteiger partial charge is 0.311 e. The molecule has 114 valence electrons. The van der Waals surface area contributed by atoms with Crippen molar-refractivity contribution >= 4 is 22.5 Å². The second-order valence-corrected chi connectivity index (χ2v) is 5.27. The maximum absolute atomic E-state index is 12.0. The van der Waals surface area contributed by atoms with Gasteiger partial charge in [-0.15, -0.1) is 0 Å². The van der Waals surface area contributed by atoms with Crippen LogP contribution < -0.4 is 4.74 Å². The van der Waals surface area contributed by atoms with E-state index in [1.54, 1.807) is 30.3 Å². The molecule has 0 aliphatic heterocycles. The van der Waals surface area contributed by atoms with Gasteiger partial charge in [0.05, 0.1) is 6.42 Å². The third kappa shape index (κ3) is 3.83. The largest absolute Gasteiger partial charge is 0.426 e. The van der Waals surface area contributed by atoms with Crippen molar-refractivity contribution in [2.75, 3.05) is 0 Å². The van der Waals surface area contributed by atoms with E-state index in [1.165, 1.54) is 0 Å². The predicted molar refractivity (Wildman–Crippen MR) is 89.6 cm³/mol. The van der Waals surface area contributed by atoms with Crippen molar-refractivity contribution in [3.05, 3.63) is 78.4 Å². The number of carbonyl (C=O) groups is 2. The molecule has 3 heteroatoms. The van der Waals surface area contributed by atoms with Gasteiger partial charge >= 0.3 is 5.97 Å². The molecule has 0 fully saturated rings. The summed E-state index contributed by atoms with van der Waals surface area (Å²) in [5, 5.41) is 2.10. The number of benzene rings is 3. The predicted octanol–water partition coefficient (Wildman–Crippen LogP) is 4.41. The normalized spacial score (nSPS) is 10.4. The fourth-order valence-electron chi connectivity index (χ4n) is 2.40. The van der Waals surface area contributed by atoms with E-state index >= 15 is 0 Å². The van der Waals surface area contributed by atoms with Crippen LogP contribution in [0, 0.1) is 0 Å². The average Bonchev–Trinajstić information content (AvgIpc) is 2.60. The molecule has 0 atom stereocenters. The fraction of sp³-hybridized carbons (Fsp3) is 0.100. The molecular weight excluding hydrogens is 288 g/mol. The topological polar surface area (TPSA) is 43.4 Å². The Morgan fingerprint density at radius 3 is 2.22 bits per heavy atom. The van der Waals surface area contributed by atoms with Crippen molar-refractivity contribution < 1.29 is 14.3 Å². The van der Waals surface area contributed by atoms with Crippen molar-refractivity contribution in [3.63, 3.8) is 0 Å². The summed E-state index contributed by atoms with van der Waals surface area (Å²) in [6, 6.07) is 22.3. The summed E-state index contributed by atoms with van der Waals surface area (Å²) in [7, 11) is 0. The van der Waals surface area contributed by atoms with Crippen LogP contribution in [0.1, 0.15) is 23.2 Å². The van der Waals surface area contributed by atoms with Gasteiger partial charge in [0.2, 0.25) is 0 Å². The zero-order chi connectivity index (χ0) is 16.1. The number of ketones is 1. The first-order valence-electron chi connectivity index (χ1n) is 7.50. The van der Waals surface area contributed by atoms with E-state index in [9.17, 15) is 9.59 Å². The van der Waals surface area contributed by atoms with E-state index in [4.69, 9.17) is 4.74 Å². The molecule has 0 N–H and O–H groups in total. The molecule has 0 spiro atoms. The minimum atomic E-state index is -0.399. The standard InChI is InChI=1S/C20H16O3/c21-19(16-7-2-1-3-8-16)12-13-20(22)23-18-11-10-15-6-4-5-9-17(15)14-18/h1-11,14H,12-13H2. The monoisotopic (exact) mass is 304 g/mol.